The maximum absolute atomic E-state index is 2.60. The molecule has 0 spiro atoms. The molecule has 0 radical (unpaired) electrons. The van der Waals surface area contributed by atoms with E-state index in [1.54, 1.807) is 15.3 Å². The Bertz CT molecular complexity index is 1470. The fourth-order valence-corrected chi connectivity index (χ4v) is 13.9. The Kier molecular flexibility index (Phi) is 9.59. The molecule has 0 fully saturated rings. The third-order valence-electron chi connectivity index (χ3n) is 7.40. The molecule has 0 saturated heterocycles. The minimum Gasteiger partial charge on any atom is -1.00 e. The van der Waals surface area contributed by atoms with E-state index in [-0.39, 0.29) is 24.8 Å². The standard InChI is InChI=1S/C13H9.C13H10.C9H13.2ClH.Zr/c1-3-7-12-10(5-1)9-11-6-2-4-8-13(11)12;1-3-7-12(8-4-1)11-13-9-5-2-6-10-13;1-8(2)7-9-5-3-4-6-9;;;/h1-5,7-8H,9H2;1-10H;5-6,8H,3,7H2,1-2H3;2*1H;/q;;;;;+2/p-2. The third kappa shape index (κ3) is 5.67. The molecule has 6 rings (SSSR count). The van der Waals surface area contributed by atoms with E-state index in [2.05, 4.69) is 129 Å². The molecule has 0 bridgehead atoms. The minimum atomic E-state index is -2.56. The summed E-state index contributed by atoms with van der Waals surface area (Å²) in [6, 6.07) is 38.6. The van der Waals surface area contributed by atoms with E-state index in [0.29, 0.717) is 5.92 Å². The zero-order valence-corrected chi connectivity index (χ0v) is 25.9. The van der Waals surface area contributed by atoms with Gasteiger partial charge >= 0.3 is 224 Å². The predicted molar refractivity (Wildman–Crippen MR) is 151 cm³/mol. The molecule has 38 heavy (non-hydrogen) atoms. The topological polar surface area (TPSA) is 0 Å². The van der Waals surface area contributed by atoms with E-state index in [4.69, 9.17) is 0 Å². The van der Waals surface area contributed by atoms with Crippen molar-refractivity contribution in [3.05, 3.63) is 146 Å². The molecule has 0 atom stereocenters. The van der Waals surface area contributed by atoms with Gasteiger partial charge in [-0.1, -0.05) is 0 Å². The molecule has 3 heteroatoms. The van der Waals surface area contributed by atoms with Gasteiger partial charge in [0.2, 0.25) is 0 Å². The van der Waals surface area contributed by atoms with Crippen LogP contribution < -0.4 is 28.1 Å². The second kappa shape index (κ2) is 12.7. The van der Waals surface area contributed by atoms with Crippen LogP contribution in [0.1, 0.15) is 48.9 Å². The summed E-state index contributed by atoms with van der Waals surface area (Å²) < 4.78 is 4.97. The van der Waals surface area contributed by atoms with Gasteiger partial charge in [0.1, 0.15) is 0 Å². The molecule has 2 aliphatic carbocycles. The Morgan fingerprint density at radius 3 is 1.97 bits per heavy atom. The van der Waals surface area contributed by atoms with Crippen LogP contribution >= 0.6 is 0 Å². The largest absolute Gasteiger partial charge is 1.00 e. The summed E-state index contributed by atoms with van der Waals surface area (Å²) in [6.45, 7) is 4.66. The summed E-state index contributed by atoms with van der Waals surface area (Å²) in [5, 5.41) is 0. The fourth-order valence-electron chi connectivity index (χ4n) is 5.90. The second-order valence-corrected chi connectivity index (χ2v) is 16.4. The Labute approximate surface area is 247 Å². The molecule has 0 nitrogen and oxygen atoms in total. The summed E-state index contributed by atoms with van der Waals surface area (Å²) in [5.41, 5.74) is 10.3. The first-order valence-electron chi connectivity index (χ1n) is 13.1. The van der Waals surface area contributed by atoms with Crippen LogP contribution in [0.15, 0.2) is 124 Å². The first kappa shape index (κ1) is 28.7. The molecule has 4 aromatic carbocycles. The van der Waals surface area contributed by atoms with E-state index < -0.39 is 21.3 Å². The average Bonchev–Trinajstić information content (AvgIpc) is 3.52. The number of hydrogen-bond acceptors (Lipinski definition) is 0. The van der Waals surface area contributed by atoms with E-state index in [0.717, 1.165) is 12.8 Å². The monoisotopic (exact) mass is 612 g/mol. The third-order valence-corrected chi connectivity index (χ3v) is 15.0. The van der Waals surface area contributed by atoms with Crippen molar-refractivity contribution in [2.24, 2.45) is 5.92 Å². The number of halogens is 2. The quantitative estimate of drug-likeness (QED) is 0.275. The Morgan fingerprint density at radius 2 is 1.32 bits per heavy atom. The minimum absolute atomic E-state index is 0. The Balaban J connectivity index is 0.00000168. The van der Waals surface area contributed by atoms with Crippen LogP contribution in [0.2, 0.25) is 0 Å². The fraction of sp³-hybridized carbons (Fsp3) is 0.171. The first-order valence-corrected chi connectivity index (χ1v) is 16.8. The van der Waals surface area contributed by atoms with Gasteiger partial charge in [0.05, 0.1) is 0 Å². The molecule has 0 saturated carbocycles. The van der Waals surface area contributed by atoms with E-state index in [9.17, 15) is 0 Å². The molecule has 0 unspecified atom stereocenters. The van der Waals surface area contributed by atoms with Crippen molar-refractivity contribution >= 4 is 6.48 Å². The molecule has 0 aromatic heterocycles. The van der Waals surface area contributed by atoms with Gasteiger partial charge in [0, 0.05) is 0 Å². The summed E-state index contributed by atoms with van der Waals surface area (Å²) in [6.07, 6.45) is 8.45. The van der Waals surface area contributed by atoms with Gasteiger partial charge in [-0.25, -0.2) is 0 Å². The van der Waals surface area contributed by atoms with Crippen molar-refractivity contribution in [1.29, 1.82) is 0 Å². The molecular formula is C35H32Cl2Zr. The van der Waals surface area contributed by atoms with Crippen LogP contribution in [-0.2, 0) is 27.7 Å². The maximum atomic E-state index is 2.60. The van der Waals surface area contributed by atoms with Crippen molar-refractivity contribution < 1.29 is 46.1 Å². The zero-order chi connectivity index (χ0) is 24.5. The normalized spacial score (nSPS) is 12.8. The van der Waals surface area contributed by atoms with Gasteiger partial charge in [-0.2, -0.15) is 0 Å². The van der Waals surface area contributed by atoms with Crippen LogP contribution in [0.5, 0.6) is 0 Å². The van der Waals surface area contributed by atoms with Gasteiger partial charge in [-0.15, -0.1) is 0 Å². The maximum Gasteiger partial charge on any atom is -1.00 e. The predicted octanol–water partition coefficient (Wildman–Crippen LogP) is 2.04. The average molecular weight is 615 g/mol. The zero-order valence-electron chi connectivity index (χ0n) is 21.9. The van der Waals surface area contributed by atoms with Gasteiger partial charge in [-0.05, 0) is 0 Å². The van der Waals surface area contributed by atoms with E-state index >= 15 is 0 Å². The first-order chi connectivity index (χ1) is 17.7. The van der Waals surface area contributed by atoms with Crippen molar-refractivity contribution in [1.82, 2.24) is 0 Å². The Hall–Kier alpha value is -2.31. The number of allylic oxidation sites excluding steroid dienone is 4. The Morgan fingerprint density at radius 1 is 0.711 bits per heavy atom. The second-order valence-electron chi connectivity index (χ2n) is 10.4. The molecule has 0 aliphatic heterocycles. The van der Waals surface area contributed by atoms with Crippen LogP contribution in [0, 0.1) is 5.92 Å². The molecule has 0 heterocycles. The van der Waals surface area contributed by atoms with Crippen LogP contribution in [-0.4, -0.2) is 3.21 Å². The van der Waals surface area contributed by atoms with Gasteiger partial charge in [0.15, 0.2) is 0 Å². The molecule has 2 aliphatic rings. The summed E-state index contributed by atoms with van der Waals surface area (Å²) in [7, 11) is 0. The smallest absolute Gasteiger partial charge is 1.00 e. The summed E-state index contributed by atoms with van der Waals surface area (Å²) in [4.78, 5) is 0. The van der Waals surface area contributed by atoms with E-state index in [1.165, 1.54) is 39.8 Å². The SMILES string of the molecule is CC(C)CC1=CC[C]([Zr+2](=[C](c2ccccc2)c2ccccc2)[c]2cccc3c2Cc2ccccc2-3)=C1.[Cl-].[Cl-]. The molecule has 190 valence electrons. The summed E-state index contributed by atoms with van der Waals surface area (Å²) in [5.74, 6) is 0.682. The van der Waals surface area contributed by atoms with Gasteiger partial charge in [-0.3, -0.25) is 0 Å². The van der Waals surface area contributed by atoms with Crippen LogP contribution in [0.3, 0.4) is 0 Å². The van der Waals surface area contributed by atoms with Crippen LogP contribution in [0.4, 0.5) is 0 Å². The van der Waals surface area contributed by atoms with Gasteiger partial charge in [0.25, 0.3) is 0 Å². The van der Waals surface area contributed by atoms with Crippen molar-refractivity contribution in [3.8, 4) is 11.1 Å². The van der Waals surface area contributed by atoms with Gasteiger partial charge < -0.3 is 24.8 Å². The van der Waals surface area contributed by atoms with Crippen molar-refractivity contribution in [2.45, 2.75) is 33.1 Å². The van der Waals surface area contributed by atoms with E-state index in [1.807, 2.05) is 0 Å². The van der Waals surface area contributed by atoms with Crippen molar-refractivity contribution in [3.63, 3.8) is 0 Å². The molecule has 4 aromatic rings. The number of rotatable bonds is 6. The molecular weight excluding hydrogens is 583 g/mol. The summed E-state index contributed by atoms with van der Waals surface area (Å²) >= 11 is -2.56. The number of fused-ring (bicyclic) bond motifs is 3. The number of hydrogen-bond donors (Lipinski definition) is 0. The van der Waals surface area contributed by atoms with Crippen LogP contribution in [0.25, 0.3) is 11.1 Å². The van der Waals surface area contributed by atoms with Crippen molar-refractivity contribution in [2.75, 3.05) is 0 Å². The molecule has 0 N–H and O–H groups in total. The number of benzene rings is 4. The molecule has 0 amide bonds.